The Hall–Kier alpha value is -2.02. The molecule has 1 saturated carbocycles. The van der Waals surface area contributed by atoms with Crippen molar-refractivity contribution in [3.05, 3.63) is 28.1 Å². The Morgan fingerprint density at radius 1 is 1.38 bits per heavy atom. The number of carbonyl (C=O) groups excluding carboxylic acids is 1. The summed E-state index contributed by atoms with van der Waals surface area (Å²) in [5.74, 6) is -0.967. The number of rotatable bonds is 8. The summed E-state index contributed by atoms with van der Waals surface area (Å²) in [6, 6.07) is 1.11. The SMILES string of the molecule is CCn1nc(C(=O)NC[C@]2(O)CC[C@@H](S(C)(=O)=O)CC2)c(Cl)c1-c1cnc(Cl)cc1OC(F)F. The van der Waals surface area contributed by atoms with E-state index in [4.69, 9.17) is 23.2 Å². The van der Waals surface area contributed by atoms with Gasteiger partial charge in [-0.05, 0) is 32.6 Å². The highest BCUT2D eigenvalue weighted by Crippen LogP contribution is 2.38. The number of aliphatic hydroxyl groups is 1. The Kier molecular flexibility index (Phi) is 8.06. The molecule has 0 radical (unpaired) electrons. The molecule has 0 saturated heterocycles. The Labute approximate surface area is 205 Å². The van der Waals surface area contributed by atoms with Crippen molar-refractivity contribution in [1.82, 2.24) is 20.1 Å². The normalized spacial score (nSPS) is 21.0. The number of amides is 1. The zero-order chi connectivity index (χ0) is 25.3. The third-order valence-corrected chi connectivity index (χ3v) is 8.01. The van der Waals surface area contributed by atoms with Crippen LogP contribution in [0.15, 0.2) is 12.3 Å². The molecular formula is C20H24Cl2F2N4O5S. The van der Waals surface area contributed by atoms with Gasteiger partial charge in [-0.1, -0.05) is 23.2 Å². The van der Waals surface area contributed by atoms with E-state index in [1.807, 2.05) is 0 Å². The maximum atomic E-state index is 12.9. The van der Waals surface area contributed by atoms with Crippen molar-refractivity contribution < 1.29 is 31.8 Å². The van der Waals surface area contributed by atoms with Crippen LogP contribution in [0.25, 0.3) is 11.3 Å². The van der Waals surface area contributed by atoms with Gasteiger partial charge >= 0.3 is 6.61 Å². The van der Waals surface area contributed by atoms with Crippen LogP contribution in [0.3, 0.4) is 0 Å². The molecule has 1 fully saturated rings. The van der Waals surface area contributed by atoms with Gasteiger partial charge in [0, 0.05) is 31.6 Å². The van der Waals surface area contributed by atoms with Crippen LogP contribution in [0.5, 0.6) is 5.75 Å². The summed E-state index contributed by atoms with van der Waals surface area (Å²) in [6.07, 6.45) is 3.35. The minimum Gasteiger partial charge on any atom is -0.434 e. The molecule has 1 amide bonds. The minimum absolute atomic E-state index is 0.0702. The van der Waals surface area contributed by atoms with Crippen molar-refractivity contribution in [2.45, 2.75) is 56.6 Å². The summed E-state index contributed by atoms with van der Waals surface area (Å²) in [6.45, 7) is -1.30. The van der Waals surface area contributed by atoms with Gasteiger partial charge in [0.05, 0.1) is 27.1 Å². The van der Waals surface area contributed by atoms with E-state index in [1.165, 1.54) is 17.1 Å². The van der Waals surface area contributed by atoms with Gasteiger partial charge in [0.1, 0.15) is 20.7 Å². The molecule has 0 aromatic carbocycles. The van der Waals surface area contributed by atoms with Gasteiger partial charge in [-0.15, -0.1) is 0 Å². The Morgan fingerprint density at radius 2 is 2.03 bits per heavy atom. The number of pyridine rings is 1. The first-order valence-electron chi connectivity index (χ1n) is 10.4. The van der Waals surface area contributed by atoms with Crippen LogP contribution in [0.4, 0.5) is 8.78 Å². The molecule has 3 rings (SSSR count). The summed E-state index contributed by atoms with van der Waals surface area (Å²) in [7, 11) is -3.20. The maximum Gasteiger partial charge on any atom is 0.387 e. The number of carbonyl (C=O) groups is 1. The molecule has 1 aliphatic rings. The molecule has 2 N–H and O–H groups in total. The Balaban J connectivity index is 1.82. The number of ether oxygens (including phenoxy) is 1. The van der Waals surface area contributed by atoms with Gasteiger partial charge in [-0.25, -0.2) is 13.4 Å². The van der Waals surface area contributed by atoms with Crippen molar-refractivity contribution in [1.29, 1.82) is 0 Å². The van der Waals surface area contributed by atoms with E-state index < -0.39 is 33.2 Å². The number of halogens is 4. The first-order chi connectivity index (χ1) is 15.8. The van der Waals surface area contributed by atoms with Gasteiger partial charge in [0.2, 0.25) is 0 Å². The number of aromatic nitrogens is 3. The summed E-state index contributed by atoms with van der Waals surface area (Å²) >= 11 is 12.2. The Bertz CT molecular complexity index is 1170. The molecule has 2 aromatic rings. The first kappa shape index (κ1) is 26.6. The van der Waals surface area contributed by atoms with Crippen molar-refractivity contribution in [3.63, 3.8) is 0 Å². The van der Waals surface area contributed by atoms with Gasteiger partial charge in [-0.2, -0.15) is 13.9 Å². The predicted molar refractivity (Wildman–Crippen MR) is 122 cm³/mol. The van der Waals surface area contributed by atoms with E-state index in [1.54, 1.807) is 6.92 Å². The number of alkyl halides is 2. The standard InChI is InChI=1S/C20H24Cl2F2N4O5S/c1-3-28-17(12-9-25-14(21)8-13(12)33-19(23)24)15(22)16(27-28)18(29)26-10-20(30)6-4-11(5-7-20)34(2,31)32/h8-9,11,19,30H,3-7,10H2,1-2H3,(H,26,29)/t11-,20+. The van der Waals surface area contributed by atoms with Gasteiger partial charge in [-0.3, -0.25) is 9.48 Å². The quantitative estimate of drug-likeness (QED) is 0.492. The fourth-order valence-electron chi connectivity index (χ4n) is 3.92. The number of hydrogen-bond donors (Lipinski definition) is 2. The smallest absolute Gasteiger partial charge is 0.387 e. The van der Waals surface area contributed by atoms with Crippen LogP contribution in [0.2, 0.25) is 10.2 Å². The average Bonchev–Trinajstić information content (AvgIpc) is 3.08. The lowest BCUT2D eigenvalue weighted by atomic mass is 9.84. The number of hydrogen-bond acceptors (Lipinski definition) is 7. The number of nitrogens with zero attached hydrogens (tertiary/aromatic N) is 3. The molecule has 2 heterocycles. The predicted octanol–water partition coefficient (Wildman–Crippen LogP) is 3.32. The minimum atomic E-state index is -3.20. The van der Waals surface area contributed by atoms with Crippen molar-refractivity contribution in [2.24, 2.45) is 0 Å². The third kappa shape index (κ3) is 5.96. The molecule has 0 bridgehead atoms. The fourth-order valence-corrected chi connectivity index (χ4v) is 5.48. The zero-order valence-electron chi connectivity index (χ0n) is 18.4. The second-order valence-electron chi connectivity index (χ2n) is 8.14. The molecule has 2 aromatic heterocycles. The van der Waals surface area contributed by atoms with Crippen molar-refractivity contribution in [2.75, 3.05) is 12.8 Å². The molecule has 0 atom stereocenters. The maximum absolute atomic E-state index is 12.9. The fraction of sp³-hybridized carbons (Fsp3) is 0.550. The van der Waals surface area contributed by atoms with Crippen molar-refractivity contribution in [3.8, 4) is 17.0 Å². The van der Waals surface area contributed by atoms with E-state index in [-0.39, 0.29) is 71.6 Å². The van der Waals surface area contributed by atoms with Crippen molar-refractivity contribution >= 4 is 38.9 Å². The van der Waals surface area contributed by atoms with E-state index in [0.29, 0.717) is 0 Å². The lowest BCUT2D eigenvalue weighted by Crippen LogP contribution is -2.47. The van der Waals surface area contributed by atoms with E-state index in [0.717, 1.165) is 6.07 Å². The molecule has 0 unspecified atom stereocenters. The lowest BCUT2D eigenvalue weighted by molar-refractivity contribution is -0.0495. The van der Waals surface area contributed by atoms with E-state index >= 15 is 0 Å². The largest absolute Gasteiger partial charge is 0.434 e. The summed E-state index contributed by atoms with van der Waals surface area (Å²) < 4.78 is 55.1. The topological polar surface area (TPSA) is 123 Å². The molecule has 188 valence electrons. The molecule has 0 aliphatic heterocycles. The second kappa shape index (κ2) is 10.3. The summed E-state index contributed by atoms with van der Waals surface area (Å²) in [5, 5.41) is 16.8. The molecule has 9 nitrogen and oxygen atoms in total. The third-order valence-electron chi connectivity index (χ3n) is 5.76. The highest BCUT2D eigenvalue weighted by atomic mass is 35.5. The Morgan fingerprint density at radius 3 is 2.59 bits per heavy atom. The van der Waals surface area contributed by atoms with Crippen LogP contribution in [-0.4, -0.2) is 64.5 Å². The van der Waals surface area contributed by atoms with Crippen LogP contribution in [0.1, 0.15) is 43.1 Å². The lowest BCUT2D eigenvalue weighted by Gasteiger charge is -2.35. The molecular weight excluding hydrogens is 517 g/mol. The van der Waals surface area contributed by atoms with Gasteiger partial charge < -0.3 is 15.2 Å². The average molecular weight is 541 g/mol. The zero-order valence-corrected chi connectivity index (χ0v) is 20.7. The summed E-state index contributed by atoms with van der Waals surface area (Å²) in [4.78, 5) is 16.7. The number of aryl methyl sites for hydroxylation is 1. The van der Waals surface area contributed by atoms with E-state index in [2.05, 4.69) is 20.1 Å². The first-order valence-corrected chi connectivity index (χ1v) is 13.1. The second-order valence-corrected chi connectivity index (χ2v) is 11.2. The molecule has 34 heavy (non-hydrogen) atoms. The molecule has 0 spiro atoms. The number of sulfone groups is 1. The molecule has 1 aliphatic carbocycles. The van der Waals surface area contributed by atoms with Crippen LogP contribution in [0, 0.1) is 0 Å². The summed E-state index contributed by atoms with van der Waals surface area (Å²) in [5.41, 5.74) is -1.23. The van der Waals surface area contributed by atoms with Crippen LogP contribution >= 0.6 is 23.2 Å². The monoisotopic (exact) mass is 540 g/mol. The highest BCUT2D eigenvalue weighted by molar-refractivity contribution is 7.91. The van der Waals surface area contributed by atoms with Gasteiger partial charge in [0.25, 0.3) is 5.91 Å². The highest BCUT2D eigenvalue weighted by Gasteiger charge is 2.37. The van der Waals surface area contributed by atoms with Crippen LogP contribution < -0.4 is 10.1 Å². The van der Waals surface area contributed by atoms with Gasteiger partial charge in [0.15, 0.2) is 5.69 Å². The number of nitrogens with one attached hydrogen (secondary N) is 1. The van der Waals surface area contributed by atoms with E-state index in [9.17, 15) is 27.1 Å². The molecule has 14 heteroatoms. The van der Waals surface area contributed by atoms with Crippen LogP contribution in [-0.2, 0) is 16.4 Å².